The van der Waals surface area contributed by atoms with Crippen LogP contribution in [0.25, 0.3) is 0 Å². The lowest BCUT2D eigenvalue weighted by Crippen LogP contribution is -2.32. The van der Waals surface area contributed by atoms with E-state index >= 15 is 0 Å². The fourth-order valence-corrected chi connectivity index (χ4v) is 2.24. The van der Waals surface area contributed by atoms with E-state index in [9.17, 15) is 9.50 Å². The predicted molar refractivity (Wildman–Crippen MR) is 71.1 cm³/mol. The van der Waals surface area contributed by atoms with E-state index in [1.807, 2.05) is 6.07 Å². The molecule has 4 heteroatoms. The molecule has 2 aromatic rings. The molecule has 19 heavy (non-hydrogen) atoms. The second-order valence-electron chi connectivity index (χ2n) is 4.64. The summed E-state index contributed by atoms with van der Waals surface area (Å²) < 4.78 is 18.9. The normalized spacial score (nSPS) is 17.2. The van der Waals surface area contributed by atoms with Gasteiger partial charge in [0.25, 0.3) is 0 Å². The standard InChI is InChI=1S/C15H14FNO2/c16-11-3-1-2-10(6-11)7-13-9-17-14-5-4-12(18)8-15(14)19-13/h1-6,8,13,17-18H,7,9H2. The van der Waals surface area contributed by atoms with E-state index in [4.69, 9.17) is 4.74 Å². The quantitative estimate of drug-likeness (QED) is 0.815. The van der Waals surface area contributed by atoms with Crippen molar-refractivity contribution in [3.8, 4) is 11.5 Å². The van der Waals surface area contributed by atoms with Crippen molar-refractivity contribution in [3.05, 3.63) is 53.8 Å². The van der Waals surface area contributed by atoms with Crippen LogP contribution in [0.2, 0.25) is 0 Å². The number of phenolic OH excluding ortho intramolecular Hbond substituents is 1. The molecule has 3 nitrogen and oxygen atoms in total. The monoisotopic (exact) mass is 259 g/mol. The zero-order valence-corrected chi connectivity index (χ0v) is 10.3. The molecule has 2 aromatic carbocycles. The topological polar surface area (TPSA) is 41.5 Å². The van der Waals surface area contributed by atoms with Gasteiger partial charge >= 0.3 is 0 Å². The lowest BCUT2D eigenvalue weighted by Gasteiger charge is -2.27. The summed E-state index contributed by atoms with van der Waals surface area (Å²) in [5.41, 5.74) is 1.77. The van der Waals surface area contributed by atoms with Crippen LogP contribution in [0, 0.1) is 5.82 Å². The molecule has 1 atom stereocenters. The van der Waals surface area contributed by atoms with Crippen molar-refractivity contribution in [3.63, 3.8) is 0 Å². The van der Waals surface area contributed by atoms with Crippen LogP contribution in [0.15, 0.2) is 42.5 Å². The van der Waals surface area contributed by atoms with E-state index in [2.05, 4.69) is 5.32 Å². The molecule has 3 rings (SSSR count). The first kappa shape index (κ1) is 11.8. The molecule has 0 saturated carbocycles. The lowest BCUT2D eigenvalue weighted by molar-refractivity contribution is 0.205. The highest BCUT2D eigenvalue weighted by Gasteiger charge is 2.20. The Hall–Kier alpha value is -2.23. The number of aromatic hydroxyl groups is 1. The van der Waals surface area contributed by atoms with Gasteiger partial charge in [0.05, 0.1) is 12.2 Å². The fourth-order valence-electron chi connectivity index (χ4n) is 2.24. The maximum Gasteiger partial charge on any atom is 0.146 e. The maximum atomic E-state index is 13.1. The molecule has 98 valence electrons. The van der Waals surface area contributed by atoms with Crippen LogP contribution in [-0.2, 0) is 6.42 Å². The van der Waals surface area contributed by atoms with Crippen molar-refractivity contribution in [2.75, 3.05) is 11.9 Å². The predicted octanol–water partition coefficient (Wildman–Crippen LogP) is 2.95. The van der Waals surface area contributed by atoms with Crippen molar-refractivity contribution in [1.82, 2.24) is 0 Å². The van der Waals surface area contributed by atoms with Gasteiger partial charge in [-0.1, -0.05) is 12.1 Å². The summed E-state index contributed by atoms with van der Waals surface area (Å²) in [4.78, 5) is 0. The van der Waals surface area contributed by atoms with Gasteiger partial charge in [-0.05, 0) is 29.8 Å². The number of fused-ring (bicyclic) bond motifs is 1. The molecule has 0 bridgehead atoms. The molecule has 0 saturated heterocycles. The average Bonchev–Trinajstić information content (AvgIpc) is 2.38. The van der Waals surface area contributed by atoms with Gasteiger partial charge in [-0.3, -0.25) is 0 Å². The van der Waals surface area contributed by atoms with Gasteiger partial charge in [0, 0.05) is 12.5 Å². The third-order valence-electron chi connectivity index (χ3n) is 3.13. The van der Waals surface area contributed by atoms with Crippen LogP contribution in [0.5, 0.6) is 11.5 Å². The summed E-state index contributed by atoms with van der Waals surface area (Å²) in [5, 5.41) is 12.7. The van der Waals surface area contributed by atoms with Crippen LogP contribution in [0.1, 0.15) is 5.56 Å². The number of benzene rings is 2. The molecule has 1 aliphatic rings. The number of anilines is 1. The average molecular weight is 259 g/mol. The molecule has 2 N–H and O–H groups in total. The summed E-state index contributed by atoms with van der Waals surface area (Å²) in [7, 11) is 0. The number of ether oxygens (including phenoxy) is 1. The van der Waals surface area contributed by atoms with Crippen molar-refractivity contribution in [1.29, 1.82) is 0 Å². The molecule has 0 amide bonds. The molecule has 0 spiro atoms. The zero-order valence-electron chi connectivity index (χ0n) is 10.3. The van der Waals surface area contributed by atoms with Crippen molar-refractivity contribution in [2.45, 2.75) is 12.5 Å². The number of hydrogen-bond acceptors (Lipinski definition) is 3. The second kappa shape index (κ2) is 4.80. The Morgan fingerprint density at radius 1 is 1.26 bits per heavy atom. The summed E-state index contributed by atoms with van der Waals surface area (Å²) in [6.45, 7) is 0.661. The molecule has 1 unspecified atom stereocenters. The molecule has 1 aliphatic heterocycles. The Balaban J connectivity index is 1.75. The van der Waals surface area contributed by atoms with E-state index < -0.39 is 0 Å². The van der Waals surface area contributed by atoms with E-state index in [1.165, 1.54) is 12.1 Å². The van der Waals surface area contributed by atoms with Crippen LogP contribution in [-0.4, -0.2) is 17.8 Å². The Labute approximate surface area is 110 Å². The molecule has 1 heterocycles. The van der Waals surface area contributed by atoms with Crippen LogP contribution in [0.4, 0.5) is 10.1 Å². The third-order valence-corrected chi connectivity index (χ3v) is 3.13. The fraction of sp³-hybridized carbons (Fsp3) is 0.200. The smallest absolute Gasteiger partial charge is 0.146 e. The Morgan fingerprint density at radius 2 is 2.16 bits per heavy atom. The first-order valence-electron chi connectivity index (χ1n) is 6.19. The highest BCUT2D eigenvalue weighted by Crippen LogP contribution is 2.32. The highest BCUT2D eigenvalue weighted by atomic mass is 19.1. The number of hydrogen-bond donors (Lipinski definition) is 2. The van der Waals surface area contributed by atoms with Crippen molar-refractivity contribution < 1.29 is 14.2 Å². The minimum Gasteiger partial charge on any atom is -0.508 e. The van der Waals surface area contributed by atoms with Gasteiger partial charge in [0.15, 0.2) is 0 Å². The Morgan fingerprint density at radius 3 is 3.00 bits per heavy atom. The van der Waals surface area contributed by atoms with Crippen LogP contribution in [0.3, 0.4) is 0 Å². The highest BCUT2D eigenvalue weighted by molar-refractivity contribution is 5.60. The largest absolute Gasteiger partial charge is 0.508 e. The number of nitrogens with one attached hydrogen (secondary N) is 1. The van der Waals surface area contributed by atoms with Gasteiger partial charge in [-0.2, -0.15) is 0 Å². The zero-order chi connectivity index (χ0) is 13.2. The first-order valence-corrected chi connectivity index (χ1v) is 6.19. The minimum absolute atomic E-state index is 0.0731. The Kier molecular flexibility index (Phi) is 2.99. The van der Waals surface area contributed by atoms with E-state index in [0.717, 1.165) is 11.3 Å². The van der Waals surface area contributed by atoms with Gasteiger partial charge in [0.2, 0.25) is 0 Å². The summed E-state index contributed by atoms with van der Waals surface area (Å²) in [5.74, 6) is 0.568. The van der Waals surface area contributed by atoms with Gasteiger partial charge in [-0.15, -0.1) is 0 Å². The molecular weight excluding hydrogens is 245 g/mol. The number of phenols is 1. The number of halogens is 1. The van der Waals surface area contributed by atoms with Crippen molar-refractivity contribution in [2.24, 2.45) is 0 Å². The van der Waals surface area contributed by atoms with Crippen LogP contribution < -0.4 is 10.1 Å². The van der Waals surface area contributed by atoms with Gasteiger partial charge in [-0.25, -0.2) is 4.39 Å². The third kappa shape index (κ3) is 2.62. The minimum atomic E-state index is -0.237. The molecule has 0 radical (unpaired) electrons. The summed E-state index contributed by atoms with van der Waals surface area (Å²) in [6.07, 6.45) is 0.552. The summed E-state index contributed by atoms with van der Waals surface area (Å²) >= 11 is 0. The molecular formula is C15H14FNO2. The summed E-state index contributed by atoms with van der Waals surface area (Å²) in [6, 6.07) is 11.5. The first-order chi connectivity index (χ1) is 9.20. The maximum absolute atomic E-state index is 13.1. The molecule has 0 fully saturated rings. The van der Waals surface area contributed by atoms with E-state index in [1.54, 1.807) is 24.3 Å². The van der Waals surface area contributed by atoms with Crippen molar-refractivity contribution >= 4 is 5.69 Å². The van der Waals surface area contributed by atoms with Gasteiger partial charge < -0.3 is 15.2 Å². The molecule has 0 aliphatic carbocycles. The van der Waals surface area contributed by atoms with Gasteiger partial charge in [0.1, 0.15) is 23.4 Å². The SMILES string of the molecule is Oc1ccc2c(c1)OC(Cc1cccc(F)c1)CN2. The number of rotatable bonds is 2. The van der Waals surface area contributed by atoms with Crippen LogP contribution >= 0.6 is 0 Å². The lowest BCUT2D eigenvalue weighted by atomic mass is 10.1. The molecule has 0 aromatic heterocycles. The second-order valence-corrected chi connectivity index (χ2v) is 4.64. The Bertz CT molecular complexity index is 600. The van der Waals surface area contributed by atoms with E-state index in [-0.39, 0.29) is 17.7 Å². The van der Waals surface area contributed by atoms with E-state index in [0.29, 0.717) is 18.7 Å².